The zero-order valence-electron chi connectivity index (χ0n) is 22.7. The molecular weight excluding hydrogens is 506 g/mol. The van der Waals surface area contributed by atoms with Gasteiger partial charge in [-0.1, -0.05) is 0 Å². The van der Waals surface area contributed by atoms with Crippen LogP contribution >= 0.6 is 0 Å². The molecule has 2 aromatic carbocycles. The lowest BCUT2D eigenvalue weighted by molar-refractivity contribution is -0.140. The van der Waals surface area contributed by atoms with E-state index in [4.69, 9.17) is 14.2 Å². The number of carbonyl (C=O) groups excluding carboxylic acids is 5. The third-order valence-electron chi connectivity index (χ3n) is 7.69. The maximum Gasteiger partial charge on any atom is 0.338 e. The van der Waals surface area contributed by atoms with Crippen molar-refractivity contribution >= 4 is 29.2 Å². The Morgan fingerprint density at radius 3 is 2.36 bits per heavy atom. The van der Waals surface area contributed by atoms with E-state index < -0.39 is 40.6 Å². The van der Waals surface area contributed by atoms with Crippen molar-refractivity contribution in [3.8, 4) is 17.2 Å². The van der Waals surface area contributed by atoms with Gasteiger partial charge in [0, 0.05) is 18.7 Å². The summed E-state index contributed by atoms with van der Waals surface area (Å²) < 4.78 is 16.1. The highest BCUT2D eigenvalue weighted by molar-refractivity contribution is 6.27. The Hall–Kier alpha value is -4.47. The number of aromatic hydroxyl groups is 1. The van der Waals surface area contributed by atoms with Crippen LogP contribution in [0.1, 0.15) is 62.4 Å². The molecular formula is C29H29NO9. The minimum atomic E-state index is -1.66. The molecule has 1 aliphatic heterocycles. The predicted octanol–water partition coefficient (Wildman–Crippen LogP) is 2.93. The molecule has 2 aliphatic rings. The lowest BCUT2D eigenvalue weighted by atomic mass is 9.67. The number of methoxy groups -OCH3 is 2. The van der Waals surface area contributed by atoms with E-state index >= 15 is 0 Å². The van der Waals surface area contributed by atoms with Gasteiger partial charge in [0.05, 0.1) is 25.3 Å². The van der Waals surface area contributed by atoms with Gasteiger partial charge in [-0.15, -0.1) is 0 Å². The number of benzene rings is 2. The Balaban J connectivity index is 1.80. The summed E-state index contributed by atoms with van der Waals surface area (Å²) in [6.45, 7) is 8.10. The van der Waals surface area contributed by atoms with Gasteiger partial charge in [-0.2, -0.15) is 0 Å². The maximum absolute atomic E-state index is 13.6. The average Bonchev–Trinajstić information content (AvgIpc) is 3.18. The Morgan fingerprint density at radius 1 is 1.10 bits per heavy atom. The summed E-state index contributed by atoms with van der Waals surface area (Å²) in [4.78, 5) is 64.0. The first-order chi connectivity index (χ1) is 18.3. The number of phenols is 1. The molecule has 0 fully saturated rings. The summed E-state index contributed by atoms with van der Waals surface area (Å²) in [5.41, 5.74) is 1.66. The molecule has 0 saturated carbocycles. The first-order valence-corrected chi connectivity index (χ1v) is 12.2. The largest absolute Gasteiger partial charge is 0.507 e. The number of allylic oxidation sites excluding steroid dienone is 2. The molecule has 1 amide bonds. The van der Waals surface area contributed by atoms with Crippen LogP contribution in [0.5, 0.6) is 17.2 Å². The Morgan fingerprint density at radius 2 is 1.77 bits per heavy atom. The zero-order valence-corrected chi connectivity index (χ0v) is 22.7. The molecule has 2 aromatic rings. The van der Waals surface area contributed by atoms with E-state index in [9.17, 15) is 29.1 Å². The van der Waals surface area contributed by atoms with E-state index in [2.05, 4.69) is 5.32 Å². The molecule has 10 nitrogen and oxygen atoms in total. The SMILES string of the molecule is COC(=O)c1cc(C)c(C)c(CNC(=O)c2c(OC)cc(O)c3c2OC2=CC(=O)C(C(C)=O)C(=O)[C@]23C)c1C. The molecule has 204 valence electrons. The van der Waals surface area contributed by atoms with Crippen LogP contribution in [0.3, 0.4) is 0 Å². The highest BCUT2D eigenvalue weighted by Crippen LogP contribution is 2.56. The van der Waals surface area contributed by atoms with E-state index in [1.165, 1.54) is 27.2 Å². The van der Waals surface area contributed by atoms with Crippen LogP contribution in [0.15, 0.2) is 24.0 Å². The molecule has 2 N–H and O–H groups in total. The summed E-state index contributed by atoms with van der Waals surface area (Å²) in [7, 11) is 2.60. The number of esters is 1. The molecule has 0 saturated heterocycles. The Labute approximate surface area is 224 Å². The lowest BCUT2D eigenvalue weighted by Crippen LogP contribution is -2.47. The summed E-state index contributed by atoms with van der Waals surface area (Å²) in [5, 5.41) is 13.7. The number of hydrogen-bond acceptors (Lipinski definition) is 9. The second kappa shape index (κ2) is 9.68. The number of Topliss-reactive ketones (excluding diaryl/α,β-unsaturated/α-hetero) is 2. The van der Waals surface area contributed by atoms with Gasteiger partial charge in [0.2, 0.25) is 0 Å². The smallest absolute Gasteiger partial charge is 0.338 e. The number of carbonyl (C=O) groups is 5. The topological polar surface area (TPSA) is 145 Å². The van der Waals surface area contributed by atoms with Crippen molar-refractivity contribution in [2.24, 2.45) is 5.92 Å². The van der Waals surface area contributed by atoms with Crippen molar-refractivity contribution in [3.63, 3.8) is 0 Å². The fourth-order valence-corrected chi connectivity index (χ4v) is 5.31. The van der Waals surface area contributed by atoms with Crippen LogP contribution in [-0.4, -0.2) is 48.6 Å². The summed E-state index contributed by atoms with van der Waals surface area (Å²) in [6.07, 6.45) is 1.06. The van der Waals surface area contributed by atoms with Gasteiger partial charge in [0.15, 0.2) is 17.3 Å². The van der Waals surface area contributed by atoms with Gasteiger partial charge in [0.1, 0.15) is 39.9 Å². The highest BCUT2D eigenvalue weighted by atomic mass is 16.5. The number of amides is 1. The average molecular weight is 536 g/mol. The van der Waals surface area contributed by atoms with Gasteiger partial charge in [0.25, 0.3) is 5.91 Å². The van der Waals surface area contributed by atoms with E-state index in [0.29, 0.717) is 16.7 Å². The number of aryl methyl sites for hydroxylation is 1. The van der Waals surface area contributed by atoms with Gasteiger partial charge >= 0.3 is 5.97 Å². The summed E-state index contributed by atoms with van der Waals surface area (Å²) >= 11 is 0. The standard InChI is InChI=1S/C29H29NO9/c1-12-8-16(28(36)38-7)14(3)17(13(12)2)11-30-27(35)23-20(37-6)9-19(33)24-25(23)39-21-10-18(32)22(15(4)31)26(34)29(21,24)5/h8-10,22,33H,11H2,1-7H3,(H,30,35)/t22?,29-/m1/s1. The van der Waals surface area contributed by atoms with Crippen molar-refractivity contribution in [1.82, 2.24) is 5.32 Å². The molecule has 0 spiro atoms. The maximum atomic E-state index is 13.6. The second-order valence-corrected chi connectivity index (χ2v) is 9.87. The first kappa shape index (κ1) is 27.6. The molecule has 0 aromatic heterocycles. The van der Waals surface area contributed by atoms with E-state index in [0.717, 1.165) is 24.1 Å². The van der Waals surface area contributed by atoms with Gasteiger partial charge in [-0.3, -0.25) is 19.2 Å². The van der Waals surface area contributed by atoms with Crippen molar-refractivity contribution in [2.75, 3.05) is 14.2 Å². The monoisotopic (exact) mass is 535 g/mol. The fraction of sp³-hybridized carbons (Fsp3) is 0.345. The van der Waals surface area contributed by atoms with Gasteiger partial charge < -0.3 is 24.6 Å². The normalized spacial score (nSPS) is 19.5. The molecule has 2 atom stereocenters. The van der Waals surface area contributed by atoms with Crippen molar-refractivity contribution in [1.29, 1.82) is 0 Å². The molecule has 1 unspecified atom stereocenters. The number of ketones is 3. The first-order valence-electron chi connectivity index (χ1n) is 12.2. The minimum absolute atomic E-state index is 0.0265. The number of ether oxygens (including phenoxy) is 3. The summed E-state index contributed by atoms with van der Waals surface area (Å²) in [6, 6.07) is 2.92. The number of nitrogens with one attached hydrogen (secondary N) is 1. The lowest BCUT2D eigenvalue weighted by Gasteiger charge is -2.30. The number of hydrogen-bond donors (Lipinski definition) is 2. The quantitative estimate of drug-likeness (QED) is 0.421. The van der Waals surface area contributed by atoms with Crippen molar-refractivity contribution in [3.05, 3.63) is 62.9 Å². The Bertz CT molecular complexity index is 1520. The van der Waals surface area contributed by atoms with Crippen LogP contribution in [-0.2, 0) is 31.1 Å². The molecule has 39 heavy (non-hydrogen) atoms. The predicted molar refractivity (Wildman–Crippen MR) is 138 cm³/mol. The van der Waals surface area contributed by atoms with Crippen LogP contribution in [0.25, 0.3) is 0 Å². The van der Waals surface area contributed by atoms with E-state index in [-0.39, 0.29) is 40.7 Å². The van der Waals surface area contributed by atoms with Crippen LogP contribution in [0.4, 0.5) is 0 Å². The number of rotatable bonds is 6. The molecule has 1 aliphatic carbocycles. The van der Waals surface area contributed by atoms with Crippen molar-refractivity contribution < 1.29 is 43.3 Å². The van der Waals surface area contributed by atoms with Gasteiger partial charge in [-0.05, 0) is 62.9 Å². The van der Waals surface area contributed by atoms with Crippen LogP contribution in [0, 0.1) is 26.7 Å². The number of phenolic OH excluding ortho intramolecular Hbond substituents is 1. The molecule has 10 heteroatoms. The zero-order chi connectivity index (χ0) is 29.0. The fourth-order valence-electron chi connectivity index (χ4n) is 5.31. The number of fused-ring (bicyclic) bond motifs is 3. The molecule has 0 radical (unpaired) electrons. The summed E-state index contributed by atoms with van der Waals surface area (Å²) in [5.74, 6) is -5.42. The second-order valence-electron chi connectivity index (χ2n) is 9.87. The van der Waals surface area contributed by atoms with Crippen LogP contribution < -0.4 is 14.8 Å². The third-order valence-corrected chi connectivity index (χ3v) is 7.69. The third kappa shape index (κ3) is 4.07. The highest BCUT2D eigenvalue weighted by Gasteiger charge is 2.58. The Kier molecular flexibility index (Phi) is 6.84. The molecule has 1 heterocycles. The minimum Gasteiger partial charge on any atom is -0.507 e. The van der Waals surface area contributed by atoms with E-state index in [1.54, 1.807) is 13.0 Å². The van der Waals surface area contributed by atoms with E-state index in [1.807, 2.05) is 13.8 Å². The van der Waals surface area contributed by atoms with Crippen LogP contribution in [0.2, 0.25) is 0 Å². The molecule has 4 rings (SSSR count). The van der Waals surface area contributed by atoms with Crippen molar-refractivity contribution in [2.45, 2.75) is 46.6 Å². The van der Waals surface area contributed by atoms with Gasteiger partial charge in [-0.25, -0.2) is 4.79 Å². The molecule has 0 bridgehead atoms.